The van der Waals surface area contributed by atoms with Gasteiger partial charge in [0.05, 0.1) is 9.75 Å². The summed E-state index contributed by atoms with van der Waals surface area (Å²) in [5.74, 6) is 1.78. The molecule has 0 fully saturated rings. The zero-order valence-electron chi connectivity index (χ0n) is 13.3. The second-order valence-corrected chi connectivity index (χ2v) is 6.87. The molecule has 0 saturated carbocycles. The van der Waals surface area contributed by atoms with Crippen molar-refractivity contribution in [1.29, 1.82) is 0 Å². The zero-order valence-corrected chi connectivity index (χ0v) is 14.1. The van der Waals surface area contributed by atoms with Crippen molar-refractivity contribution in [2.75, 3.05) is 13.2 Å². The summed E-state index contributed by atoms with van der Waals surface area (Å²) in [5, 5.41) is 0. The van der Waals surface area contributed by atoms with Gasteiger partial charge < -0.3 is 9.47 Å². The van der Waals surface area contributed by atoms with Gasteiger partial charge in [-0.1, -0.05) is 59.7 Å². The molecule has 0 bridgehead atoms. The van der Waals surface area contributed by atoms with Gasteiger partial charge in [0, 0.05) is 0 Å². The lowest BCUT2D eigenvalue weighted by molar-refractivity contribution is 0.175. The third-order valence-electron chi connectivity index (χ3n) is 4.03. The first-order valence-electron chi connectivity index (χ1n) is 7.79. The van der Waals surface area contributed by atoms with Crippen molar-refractivity contribution in [3.8, 4) is 32.4 Å². The molecule has 0 aliphatic carbocycles. The third-order valence-corrected chi connectivity index (χ3v) is 5.28. The van der Waals surface area contributed by atoms with Crippen molar-refractivity contribution in [2.45, 2.75) is 13.8 Å². The molecule has 2 nitrogen and oxygen atoms in total. The second-order valence-electron chi connectivity index (χ2n) is 5.85. The van der Waals surface area contributed by atoms with Crippen molar-refractivity contribution in [2.24, 2.45) is 0 Å². The summed E-state index contributed by atoms with van der Waals surface area (Å²) >= 11 is 1.74. The van der Waals surface area contributed by atoms with Gasteiger partial charge in [-0.05, 0) is 25.0 Å². The predicted molar refractivity (Wildman–Crippen MR) is 95.7 cm³/mol. The second kappa shape index (κ2) is 5.74. The average molecular weight is 322 g/mol. The molecule has 1 aromatic heterocycles. The summed E-state index contributed by atoms with van der Waals surface area (Å²) in [6.45, 7) is 5.42. The van der Waals surface area contributed by atoms with E-state index in [2.05, 4.69) is 62.4 Å². The van der Waals surface area contributed by atoms with Crippen molar-refractivity contribution >= 4 is 11.3 Å². The van der Waals surface area contributed by atoms with Crippen LogP contribution in [0, 0.1) is 13.8 Å². The molecule has 23 heavy (non-hydrogen) atoms. The van der Waals surface area contributed by atoms with Gasteiger partial charge in [-0.25, -0.2) is 0 Å². The summed E-state index contributed by atoms with van der Waals surface area (Å²) in [5.41, 5.74) is 4.88. The highest BCUT2D eigenvalue weighted by atomic mass is 32.1. The molecule has 0 unspecified atom stereocenters. The Balaban J connectivity index is 1.87. The molecule has 0 amide bonds. The molecule has 3 aromatic rings. The predicted octanol–water partition coefficient (Wildman–Crippen LogP) is 5.47. The van der Waals surface area contributed by atoms with Crippen LogP contribution in [0.1, 0.15) is 11.1 Å². The maximum atomic E-state index is 5.95. The molecule has 0 radical (unpaired) electrons. The lowest BCUT2D eigenvalue weighted by Crippen LogP contribution is -2.14. The molecule has 0 spiro atoms. The number of thiophene rings is 1. The minimum absolute atomic E-state index is 0.607. The van der Waals surface area contributed by atoms with E-state index in [9.17, 15) is 0 Å². The van der Waals surface area contributed by atoms with E-state index < -0.39 is 0 Å². The molecule has 2 heterocycles. The van der Waals surface area contributed by atoms with Gasteiger partial charge >= 0.3 is 0 Å². The fourth-order valence-corrected chi connectivity index (χ4v) is 3.94. The van der Waals surface area contributed by atoms with Crippen LogP contribution >= 0.6 is 11.3 Å². The van der Waals surface area contributed by atoms with Gasteiger partial charge in [-0.2, -0.15) is 0 Å². The van der Waals surface area contributed by atoms with Crippen LogP contribution in [0.15, 0.2) is 48.5 Å². The Morgan fingerprint density at radius 2 is 1.04 bits per heavy atom. The Kier molecular flexibility index (Phi) is 3.58. The average Bonchev–Trinajstić information content (AvgIpc) is 2.96. The van der Waals surface area contributed by atoms with E-state index in [0.29, 0.717) is 13.2 Å². The topological polar surface area (TPSA) is 18.5 Å². The Hall–Kier alpha value is -2.26. The van der Waals surface area contributed by atoms with Gasteiger partial charge in [0.25, 0.3) is 0 Å². The maximum Gasteiger partial charge on any atom is 0.180 e. The normalized spacial score (nSPS) is 13.1. The van der Waals surface area contributed by atoms with Gasteiger partial charge in [0.1, 0.15) is 13.2 Å². The standard InChI is InChI=1S/C20H18O2S/c1-13-3-7-15(8-4-13)19-17-18(22-12-11-21-17)20(23-19)16-9-5-14(2)6-10-16/h3-10H,11-12H2,1-2H3. The molecule has 2 aromatic carbocycles. The molecule has 0 N–H and O–H groups in total. The first-order chi connectivity index (χ1) is 11.2. The van der Waals surface area contributed by atoms with Crippen LogP contribution in [0.25, 0.3) is 20.9 Å². The van der Waals surface area contributed by atoms with Gasteiger partial charge in [-0.15, -0.1) is 11.3 Å². The molecule has 0 atom stereocenters. The third kappa shape index (κ3) is 2.62. The van der Waals surface area contributed by atoms with E-state index in [1.807, 2.05) is 0 Å². The van der Waals surface area contributed by atoms with Crippen LogP contribution in [0.3, 0.4) is 0 Å². The zero-order chi connectivity index (χ0) is 15.8. The smallest absolute Gasteiger partial charge is 0.180 e. The molecule has 0 saturated heterocycles. The van der Waals surface area contributed by atoms with E-state index in [4.69, 9.17) is 9.47 Å². The van der Waals surface area contributed by atoms with E-state index in [0.717, 1.165) is 21.3 Å². The maximum absolute atomic E-state index is 5.95. The van der Waals surface area contributed by atoms with Crippen molar-refractivity contribution in [3.05, 3.63) is 59.7 Å². The van der Waals surface area contributed by atoms with Crippen LogP contribution < -0.4 is 9.47 Å². The number of hydrogen-bond donors (Lipinski definition) is 0. The fraction of sp³-hybridized carbons (Fsp3) is 0.200. The number of aryl methyl sites for hydroxylation is 2. The Bertz CT molecular complexity index is 759. The quantitative estimate of drug-likeness (QED) is 0.623. The Morgan fingerprint density at radius 1 is 0.652 bits per heavy atom. The minimum atomic E-state index is 0.607. The number of ether oxygens (including phenoxy) is 2. The SMILES string of the molecule is Cc1ccc(-c2sc(-c3ccc(C)cc3)c3c2OCCO3)cc1. The molecule has 116 valence electrons. The van der Waals surface area contributed by atoms with Crippen LogP contribution in [-0.2, 0) is 0 Å². The Morgan fingerprint density at radius 3 is 1.43 bits per heavy atom. The minimum Gasteiger partial charge on any atom is -0.485 e. The van der Waals surface area contributed by atoms with E-state index in [1.54, 1.807) is 11.3 Å². The number of fused-ring (bicyclic) bond motifs is 1. The summed E-state index contributed by atoms with van der Waals surface area (Å²) < 4.78 is 11.9. The first-order valence-corrected chi connectivity index (χ1v) is 8.60. The molecule has 1 aliphatic heterocycles. The fourth-order valence-electron chi connectivity index (χ4n) is 2.74. The summed E-state index contributed by atoms with van der Waals surface area (Å²) in [4.78, 5) is 2.30. The van der Waals surface area contributed by atoms with Crippen molar-refractivity contribution in [3.63, 3.8) is 0 Å². The van der Waals surface area contributed by atoms with Gasteiger partial charge in [0.15, 0.2) is 11.5 Å². The van der Waals surface area contributed by atoms with Crippen LogP contribution in [0.5, 0.6) is 11.5 Å². The number of benzene rings is 2. The van der Waals surface area contributed by atoms with E-state index in [-0.39, 0.29) is 0 Å². The van der Waals surface area contributed by atoms with E-state index in [1.165, 1.54) is 22.3 Å². The number of rotatable bonds is 2. The molecular formula is C20H18O2S. The van der Waals surface area contributed by atoms with Gasteiger partial charge in [-0.3, -0.25) is 0 Å². The highest BCUT2D eigenvalue weighted by Crippen LogP contribution is 2.53. The first kappa shape index (κ1) is 14.3. The molecular weight excluding hydrogens is 304 g/mol. The number of hydrogen-bond acceptors (Lipinski definition) is 3. The van der Waals surface area contributed by atoms with Gasteiger partial charge in [0.2, 0.25) is 0 Å². The summed E-state index contributed by atoms with van der Waals surface area (Å²) in [6.07, 6.45) is 0. The molecule has 4 rings (SSSR count). The van der Waals surface area contributed by atoms with Crippen molar-refractivity contribution in [1.82, 2.24) is 0 Å². The largest absolute Gasteiger partial charge is 0.485 e. The summed E-state index contributed by atoms with van der Waals surface area (Å²) in [7, 11) is 0. The van der Waals surface area contributed by atoms with Crippen LogP contribution in [0.4, 0.5) is 0 Å². The van der Waals surface area contributed by atoms with Crippen LogP contribution in [-0.4, -0.2) is 13.2 Å². The van der Waals surface area contributed by atoms with E-state index >= 15 is 0 Å². The molecule has 3 heteroatoms. The van der Waals surface area contributed by atoms with Crippen molar-refractivity contribution < 1.29 is 9.47 Å². The highest BCUT2D eigenvalue weighted by Gasteiger charge is 2.25. The van der Waals surface area contributed by atoms with Crippen LogP contribution in [0.2, 0.25) is 0 Å². The highest BCUT2D eigenvalue weighted by molar-refractivity contribution is 7.19. The lowest BCUT2D eigenvalue weighted by atomic mass is 10.1. The monoisotopic (exact) mass is 322 g/mol. The summed E-state index contributed by atoms with van der Waals surface area (Å²) in [6, 6.07) is 17.1. The lowest BCUT2D eigenvalue weighted by Gasteiger charge is -2.17. The Labute approximate surface area is 140 Å². The molecule has 1 aliphatic rings.